The number of aliphatic hydroxyl groups is 1. The maximum Gasteiger partial charge on any atom is 0.0873 e. The Balaban J connectivity index is 2.40. The van der Waals surface area contributed by atoms with Gasteiger partial charge in [0, 0.05) is 12.5 Å². The van der Waals surface area contributed by atoms with E-state index in [-0.39, 0.29) is 5.92 Å². The van der Waals surface area contributed by atoms with Crippen molar-refractivity contribution in [2.75, 3.05) is 6.54 Å². The van der Waals surface area contributed by atoms with E-state index in [2.05, 4.69) is 0 Å². The van der Waals surface area contributed by atoms with Crippen molar-refractivity contribution in [1.82, 2.24) is 0 Å². The summed E-state index contributed by atoms with van der Waals surface area (Å²) in [5.41, 5.74) is 9.91. The van der Waals surface area contributed by atoms with E-state index in [4.69, 9.17) is 28.9 Å². The second-order valence-corrected chi connectivity index (χ2v) is 6.06. The molecule has 0 bridgehead atoms. The minimum Gasteiger partial charge on any atom is -0.388 e. The van der Waals surface area contributed by atoms with Crippen molar-refractivity contribution in [2.45, 2.75) is 25.9 Å². The van der Waals surface area contributed by atoms with Crippen LogP contribution in [0.1, 0.15) is 34.3 Å². The third-order valence-electron chi connectivity index (χ3n) is 3.97. The lowest BCUT2D eigenvalue weighted by molar-refractivity contribution is 0.146. The molecular formula is C17H19Cl2NO. The molecule has 0 fully saturated rings. The fourth-order valence-corrected chi connectivity index (χ4v) is 2.81. The minimum absolute atomic E-state index is 0.222. The van der Waals surface area contributed by atoms with Gasteiger partial charge < -0.3 is 10.8 Å². The summed E-state index contributed by atoms with van der Waals surface area (Å²) in [6.07, 6.45) is -0.674. The van der Waals surface area contributed by atoms with E-state index >= 15 is 0 Å². The van der Waals surface area contributed by atoms with Gasteiger partial charge in [0.15, 0.2) is 0 Å². The molecule has 21 heavy (non-hydrogen) atoms. The zero-order valence-corrected chi connectivity index (χ0v) is 13.6. The molecule has 2 aromatic rings. The van der Waals surface area contributed by atoms with Gasteiger partial charge in [-0.1, -0.05) is 47.5 Å². The van der Waals surface area contributed by atoms with E-state index in [0.717, 1.165) is 22.3 Å². The first-order valence-corrected chi connectivity index (χ1v) is 7.60. The van der Waals surface area contributed by atoms with Gasteiger partial charge in [0.1, 0.15) is 0 Å². The largest absolute Gasteiger partial charge is 0.388 e. The highest BCUT2D eigenvalue weighted by Crippen LogP contribution is 2.35. The lowest BCUT2D eigenvalue weighted by Crippen LogP contribution is -2.21. The lowest BCUT2D eigenvalue weighted by Gasteiger charge is -2.24. The predicted octanol–water partition coefficient (Wildman–Crippen LogP) is 4.39. The summed E-state index contributed by atoms with van der Waals surface area (Å²) in [6.45, 7) is 4.37. The molecule has 0 saturated heterocycles. The molecule has 112 valence electrons. The predicted molar refractivity (Wildman–Crippen MR) is 89.1 cm³/mol. The van der Waals surface area contributed by atoms with E-state index in [0.29, 0.717) is 16.6 Å². The smallest absolute Gasteiger partial charge is 0.0873 e. The summed E-state index contributed by atoms with van der Waals surface area (Å²) in [6, 6.07) is 11.3. The van der Waals surface area contributed by atoms with Crippen LogP contribution in [0.2, 0.25) is 10.0 Å². The Labute approximate surface area is 135 Å². The second kappa shape index (κ2) is 6.80. The van der Waals surface area contributed by atoms with Crippen LogP contribution in [0.4, 0.5) is 0 Å². The second-order valence-electron chi connectivity index (χ2n) is 5.25. The lowest BCUT2D eigenvalue weighted by atomic mass is 9.86. The Hall–Kier alpha value is -1.06. The van der Waals surface area contributed by atoms with Gasteiger partial charge in [0.25, 0.3) is 0 Å². The molecule has 0 aliphatic carbocycles. The van der Waals surface area contributed by atoms with Crippen LogP contribution in [0.5, 0.6) is 0 Å². The molecule has 0 spiro atoms. The third-order valence-corrected chi connectivity index (χ3v) is 4.71. The van der Waals surface area contributed by atoms with Crippen LogP contribution in [0.15, 0.2) is 36.4 Å². The van der Waals surface area contributed by atoms with Gasteiger partial charge in [0.2, 0.25) is 0 Å². The number of hydrogen-bond acceptors (Lipinski definition) is 2. The SMILES string of the molecule is Cc1cccc(C(O)C(CN)c2ccc(Cl)c(Cl)c2)c1C. The number of rotatable bonds is 4. The Morgan fingerprint density at radius 1 is 1.10 bits per heavy atom. The average Bonchev–Trinajstić information content (AvgIpc) is 2.46. The molecular weight excluding hydrogens is 305 g/mol. The quantitative estimate of drug-likeness (QED) is 0.876. The van der Waals surface area contributed by atoms with Crippen molar-refractivity contribution < 1.29 is 5.11 Å². The fourth-order valence-electron chi connectivity index (χ4n) is 2.50. The molecule has 2 rings (SSSR count). The van der Waals surface area contributed by atoms with Crippen LogP contribution in [-0.4, -0.2) is 11.7 Å². The highest BCUT2D eigenvalue weighted by Gasteiger charge is 2.23. The molecule has 2 nitrogen and oxygen atoms in total. The van der Waals surface area contributed by atoms with Gasteiger partial charge in [-0.05, 0) is 48.2 Å². The van der Waals surface area contributed by atoms with Crippen LogP contribution in [0.25, 0.3) is 0 Å². The summed E-state index contributed by atoms with van der Waals surface area (Å²) in [7, 11) is 0. The number of nitrogens with two attached hydrogens (primary N) is 1. The van der Waals surface area contributed by atoms with Crippen LogP contribution in [0, 0.1) is 13.8 Å². The Morgan fingerprint density at radius 2 is 1.81 bits per heavy atom. The molecule has 0 heterocycles. The highest BCUT2D eigenvalue weighted by atomic mass is 35.5. The first-order valence-electron chi connectivity index (χ1n) is 6.85. The molecule has 2 atom stereocenters. The van der Waals surface area contributed by atoms with Gasteiger partial charge >= 0.3 is 0 Å². The molecule has 2 unspecified atom stereocenters. The number of benzene rings is 2. The maximum absolute atomic E-state index is 10.7. The van der Waals surface area contributed by atoms with Crippen LogP contribution in [0.3, 0.4) is 0 Å². The minimum atomic E-state index is -0.674. The summed E-state index contributed by atoms with van der Waals surface area (Å²) < 4.78 is 0. The number of aliphatic hydroxyl groups excluding tert-OH is 1. The van der Waals surface area contributed by atoms with Gasteiger partial charge in [-0.25, -0.2) is 0 Å². The molecule has 4 heteroatoms. The normalized spacial score (nSPS) is 14.0. The van der Waals surface area contributed by atoms with Crippen molar-refractivity contribution in [2.24, 2.45) is 5.73 Å². The zero-order chi connectivity index (χ0) is 15.6. The van der Waals surface area contributed by atoms with Crippen LogP contribution in [-0.2, 0) is 0 Å². The average molecular weight is 324 g/mol. The standard InChI is InChI=1S/C17H19Cl2NO/c1-10-4-3-5-13(11(10)2)17(21)14(9-20)12-6-7-15(18)16(19)8-12/h3-8,14,17,21H,9,20H2,1-2H3. The van der Waals surface area contributed by atoms with Gasteiger partial charge in [-0.2, -0.15) is 0 Å². The number of halogens is 2. The Morgan fingerprint density at radius 3 is 2.43 bits per heavy atom. The van der Waals surface area contributed by atoms with E-state index < -0.39 is 6.10 Å². The van der Waals surface area contributed by atoms with Crippen LogP contribution >= 0.6 is 23.2 Å². The first-order chi connectivity index (χ1) is 9.95. The Bertz CT molecular complexity index is 643. The molecule has 0 aliphatic rings. The van der Waals surface area contributed by atoms with Crippen molar-refractivity contribution in [3.05, 3.63) is 68.7 Å². The Kier molecular flexibility index (Phi) is 5.28. The van der Waals surface area contributed by atoms with E-state index in [1.165, 1.54) is 0 Å². The van der Waals surface area contributed by atoms with Crippen molar-refractivity contribution >= 4 is 23.2 Å². The van der Waals surface area contributed by atoms with Gasteiger partial charge in [-0.15, -0.1) is 0 Å². The van der Waals surface area contributed by atoms with Crippen molar-refractivity contribution in [1.29, 1.82) is 0 Å². The van der Waals surface area contributed by atoms with Crippen molar-refractivity contribution in [3.63, 3.8) is 0 Å². The molecule has 0 amide bonds. The monoisotopic (exact) mass is 323 g/mol. The molecule has 0 saturated carbocycles. The van der Waals surface area contributed by atoms with E-state index in [1.54, 1.807) is 12.1 Å². The molecule has 2 aromatic carbocycles. The van der Waals surface area contributed by atoms with Crippen LogP contribution < -0.4 is 5.73 Å². The number of aryl methyl sites for hydroxylation is 1. The molecule has 0 aromatic heterocycles. The molecule has 0 aliphatic heterocycles. The fraction of sp³-hybridized carbons (Fsp3) is 0.294. The molecule has 3 N–H and O–H groups in total. The topological polar surface area (TPSA) is 46.2 Å². The maximum atomic E-state index is 10.7. The molecule has 0 radical (unpaired) electrons. The highest BCUT2D eigenvalue weighted by molar-refractivity contribution is 6.42. The summed E-state index contributed by atoms with van der Waals surface area (Å²) in [5, 5.41) is 11.7. The van der Waals surface area contributed by atoms with E-state index in [9.17, 15) is 5.11 Å². The third kappa shape index (κ3) is 3.41. The van der Waals surface area contributed by atoms with Gasteiger partial charge in [0.05, 0.1) is 16.1 Å². The summed E-state index contributed by atoms with van der Waals surface area (Å²) in [4.78, 5) is 0. The summed E-state index contributed by atoms with van der Waals surface area (Å²) in [5.74, 6) is -0.222. The summed E-state index contributed by atoms with van der Waals surface area (Å²) >= 11 is 12.0. The van der Waals surface area contributed by atoms with E-state index in [1.807, 2.05) is 38.1 Å². The zero-order valence-electron chi connectivity index (χ0n) is 12.1. The van der Waals surface area contributed by atoms with Gasteiger partial charge in [-0.3, -0.25) is 0 Å². The first kappa shape index (κ1) is 16.3. The van der Waals surface area contributed by atoms with Crippen molar-refractivity contribution in [3.8, 4) is 0 Å². The number of hydrogen-bond donors (Lipinski definition) is 2.